The fraction of sp³-hybridized carbons (Fsp3) is 0.562. The number of hydrogen-bond acceptors (Lipinski definition) is 5. The molecule has 0 radical (unpaired) electrons. The van der Waals surface area contributed by atoms with Crippen molar-refractivity contribution in [1.29, 1.82) is 0 Å². The van der Waals surface area contributed by atoms with Crippen LogP contribution in [0.3, 0.4) is 0 Å². The molecule has 0 spiro atoms. The Labute approximate surface area is 133 Å². The minimum atomic E-state index is 0.00576. The number of aromatic nitrogens is 2. The first-order valence-corrected chi connectivity index (χ1v) is 8.89. The van der Waals surface area contributed by atoms with Crippen molar-refractivity contribution in [3.05, 3.63) is 34.1 Å². The van der Waals surface area contributed by atoms with Crippen LogP contribution in [0.1, 0.15) is 61.3 Å². The van der Waals surface area contributed by atoms with Crippen LogP contribution in [0.4, 0.5) is 0 Å². The summed E-state index contributed by atoms with van der Waals surface area (Å²) in [6.45, 7) is 0.806. The van der Waals surface area contributed by atoms with E-state index in [2.05, 4.69) is 27.0 Å². The summed E-state index contributed by atoms with van der Waals surface area (Å²) in [5.74, 6) is 2.12. The fourth-order valence-electron chi connectivity index (χ4n) is 3.04. The number of amides is 1. The van der Waals surface area contributed by atoms with E-state index in [-0.39, 0.29) is 11.9 Å². The van der Waals surface area contributed by atoms with Gasteiger partial charge >= 0.3 is 0 Å². The van der Waals surface area contributed by atoms with Gasteiger partial charge in [-0.1, -0.05) is 5.16 Å². The van der Waals surface area contributed by atoms with Crippen molar-refractivity contribution in [3.63, 3.8) is 0 Å². The zero-order chi connectivity index (χ0) is 14.9. The average molecular weight is 317 g/mol. The topological polar surface area (TPSA) is 59.2 Å². The summed E-state index contributed by atoms with van der Waals surface area (Å²) in [6, 6.07) is 2.09. The van der Waals surface area contributed by atoms with E-state index in [9.17, 15) is 4.79 Å². The highest BCUT2D eigenvalue weighted by Crippen LogP contribution is 2.40. The lowest BCUT2D eigenvalue weighted by Gasteiger charge is -2.22. The van der Waals surface area contributed by atoms with Gasteiger partial charge in [0.1, 0.15) is 0 Å². The lowest BCUT2D eigenvalue weighted by atomic mass is 10.1. The smallest absolute Gasteiger partial charge is 0.229 e. The maximum atomic E-state index is 12.5. The van der Waals surface area contributed by atoms with Crippen LogP contribution < -0.4 is 0 Å². The summed E-state index contributed by atoms with van der Waals surface area (Å²) in [5, 5.41) is 8.28. The van der Waals surface area contributed by atoms with Crippen LogP contribution in [0.2, 0.25) is 0 Å². The van der Waals surface area contributed by atoms with E-state index < -0.39 is 0 Å². The first-order valence-electron chi connectivity index (χ1n) is 7.95. The molecule has 0 bridgehead atoms. The van der Waals surface area contributed by atoms with Gasteiger partial charge in [0.15, 0.2) is 5.82 Å². The third-order valence-corrected chi connectivity index (χ3v) is 5.19. The second-order valence-electron chi connectivity index (χ2n) is 6.14. The van der Waals surface area contributed by atoms with Gasteiger partial charge in [0.25, 0.3) is 0 Å². The Morgan fingerprint density at radius 1 is 1.41 bits per heavy atom. The van der Waals surface area contributed by atoms with Crippen LogP contribution in [-0.2, 0) is 11.2 Å². The fourth-order valence-corrected chi connectivity index (χ4v) is 3.75. The van der Waals surface area contributed by atoms with E-state index in [1.807, 2.05) is 4.90 Å². The molecule has 1 saturated heterocycles. The molecule has 2 aromatic rings. The number of aryl methyl sites for hydroxylation is 1. The molecule has 0 aromatic carbocycles. The zero-order valence-corrected chi connectivity index (χ0v) is 13.2. The monoisotopic (exact) mass is 317 g/mol. The molecule has 2 fully saturated rings. The maximum absolute atomic E-state index is 12.5. The van der Waals surface area contributed by atoms with Crippen LogP contribution in [0.15, 0.2) is 21.3 Å². The molecule has 1 amide bonds. The molecule has 116 valence electrons. The number of thiophene rings is 1. The predicted molar refractivity (Wildman–Crippen MR) is 82.6 cm³/mol. The normalized spacial score (nSPS) is 21.5. The molecular weight excluding hydrogens is 298 g/mol. The maximum Gasteiger partial charge on any atom is 0.229 e. The highest BCUT2D eigenvalue weighted by molar-refractivity contribution is 7.07. The summed E-state index contributed by atoms with van der Waals surface area (Å²) >= 11 is 1.67. The Bertz CT molecular complexity index is 648. The largest absolute Gasteiger partial charge is 0.339 e. The number of rotatable bonds is 5. The molecule has 4 rings (SSSR count). The lowest BCUT2D eigenvalue weighted by molar-refractivity contribution is -0.132. The minimum Gasteiger partial charge on any atom is -0.339 e. The first kappa shape index (κ1) is 13.9. The zero-order valence-electron chi connectivity index (χ0n) is 12.4. The van der Waals surface area contributed by atoms with Gasteiger partial charge < -0.3 is 9.42 Å². The molecule has 1 saturated carbocycles. The van der Waals surface area contributed by atoms with Gasteiger partial charge in [0.05, 0.1) is 6.04 Å². The Morgan fingerprint density at radius 2 is 2.32 bits per heavy atom. The van der Waals surface area contributed by atoms with Gasteiger partial charge in [-0.25, -0.2) is 0 Å². The summed E-state index contributed by atoms with van der Waals surface area (Å²) in [4.78, 5) is 19.0. The molecule has 0 unspecified atom stereocenters. The van der Waals surface area contributed by atoms with E-state index in [0.29, 0.717) is 18.2 Å². The van der Waals surface area contributed by atoms with E-state index in [4.69, 9.17) is 4.52 Å². The number of nitrogens with zero attached hydrogens (tertiary/aromatic N) is 3. The average Bonchev–Trinajstić information content (AvgIpc) is 3.02. The number of hydrogen-bond donors (Lipinski definition) is 0. The molecule has 22 heavy (non-hydrogen) atoms. The van der Waals surface area contributed by atoms with Crippen LogP contribution in [0.25, 0.3) is 0 Å². The standard InChI is InChI=1S/C16H19N3O2S/c20-14(6-3-11-7-9-22-10-11)19-8-1-2-13(19)15-17-16(21-18-15)12-4-5-12/h7,9-10,12-13H,1-6,8H2/t13-/m0/s1. The molecule has 6 heteroatoms. The second kappa shape index (κ2) is 5.83. The Balaban J connectivity index is 1.42. The summed E-state index contributed by atoms with van der Waals surface area (Å²) < 4.78 is 5.35. The van der Waals surface area contributed by atoms with Gasteiger partial charge in [-0.05, 0) is 54.5 Å². The second-order valence-corrected chi connectivity index (χ2v) is 6.92. The van der Waals surface area contributed by atoms with Crippen LogP contribution in [0, 0.1) is 0 Å². The van der Waals surface area contributed by atoms with Gasteiger partial charge in [-0.15, -0.1) is 0 Å². The minimum absolute atomic E-state index is 0.00576. The van der Waals surface area contributed by atoms with Crippen molar-refractivity contribution in [2.75, 3.05) is 6.54 Å². The summed E-state index contributed by atoms with van der Waals surface area (Å²) in [5.41, 5.74) is 1.24. The molecule has 2 aliphatic rings. The van der Waals surface area contributed by atoms with E-state index in [1.54, 1.807) is 11.3 Å². The predicted octanol–water partition coefficient (Wildman–Crippen LogP) is 3.30. The summed E-state index contributed by atoms with van der Waals surface area (Å²) in [6.07, 6.45) is 5.62. The van der Waals surface area contributed by atoms with Gasteiger partial charge in [-0.3, -0.25) is 4.79 Å². The molecule has 5 nitrogen and oxygen atoms in total. The van der Waals surface area contributed by atoms with E-state index in [0.717, 1.165) is 44.5 Å². The van der Waals surface area contributed by atoms with Crippen molar-refractivity contribution in [2.24, 2.45) is 0 Å². The Morgan fingerprint density at radius 3 is 3.09 bits per heavy atom. The number of carbonyl (C=O) groups excluding carboxylic acids is 1. The van der Waals surface area contributed by atoms with Crippen molar-refractivity contribution in [1.82, 2.24) is 15.0 Å². The van der Waals surface area contributed by atoms with Crippen LogP contribution in [-0.4, -0.2) is 27.5 Å². The number of carbonyl (C=O) groups is 1. The van der Waals surface area contributed by atoms with Crippen molar-refractivity contribution in [3.8, 4) is 0 Å². The Hall–Kier alpha value is -1.69. The third-order valence-electron chi connectivity index (χ3n) is 4.46. The third kappa shape index (κ3) is 2.79. The quantitative estimate of drug-likeness (QED) is 0.849. The highest BCUT2D eigenvalue weighted by atomic mass is 32.1. The van der Waals surface area contributed by atoms with Gasteiger partial charge in [0, 0.05) is 18.9 Å². The molecule has 1 aliphatic carbocycles. The van der Waals surface area contributed by atoms with Crippen molar-refractivity contribution >= 4 is 17.2 Å². The van der Waals surface area contributed by atoms with Gasteiger partial charge in [-0.2, -0.15) is 16.3 Å². The highest BCUT2D eigenvalue weighted by Gasteiger charge is 2.35. The first-order chi connectivity index (χ1) is 10.8. The summed E-state index contributed by atoms with van der Waals surface area (Å²) in [7, 11) is 0. The van der Waals surface area contributed by atoms with E-state index in [1.165, 1.54) is 5.56 Å². The van der Waals surface area contributed by atoms with E-state index >= 15 is 0 Å². The molecule has 1 aliphatic heterocycles. The number of likely N-dealkylation sites (tertiary alicyclic amines) is 1. The Kier molecular flexibility index (Phi) is 3.70. The molecule has 1 atom stereocenters. The molecule has 0 N–H and O–H groups in total. The SMILES string of the molecule is O=C(CCc1ccsc1)N1CCC[C@H]1c1noc(C2CC2)n1. The molecule has 3 heterocycles. The van der Waals surface area contributed by atoms with Crippen molar-refractivity contribution < 1.29 is 9.32 Å². The molecular formula is C16H19N3O2S. The van der Waals surface area contributed by atoms with Crippen LogP contribution in [0.5, 0.6) is 0 Å². The van der Waals surface area contributed by atoms with Crippen LogP contribution >= 0.6 is 11.3 Å². The van der Waals surface area contributed by atoms with Gasteiger partial charge in [0.2, 0.25) is 11.8 Å². The molecule has 2 aromatic heterocycles. The van der Waals surface area contributed by atoms with Crippen molar-refractivity contribution in [2.45, 2.75) is 50.5 Å². The lowest BCUT2D eigenvalue weighted by Crippen LogP contribution is -2.31.